The van der Waals surface area contributed by atoms with E-state index in [9.17, 15) is 18.0 Å². The van der Waals surface area contributed by atoms with E-state index in [0.717, 1.165) is 72.8 Å². The van der Waals surface area contributed by atoms with Crippen molar-refractivity contribution in [1.29, 1.82) is 0 Å². The zero-order valence-corrected chi connectivity index (χ0v) is 26.7. The molecule has 0 unspecified atom stereocenters. The molecule has 46 heavy (non-hydrogen) atoms. The van der Waals surface area contributed by atoms with Crippen molar-refractivity contribution in [1.82, 2.24) is 20.1 Å². The first-order valence-electron chi connectivity index (χ1n) is 15.4. The van der Waals surface area contributed by atoms with Crippen molar-refractivity contribution in [3.05, 3.63) is 89.7 Å². The van der Waals surface area contributed by atoms with Gasteiger partial charge in [-0.05, 0) is 86.1 Å². The Balaban J connectivity index is 1.09. The summed E-state index contributed by atoms with van der Waals surface area (Å²) in [5, 5.41) is 8.17. The topological polar surface area (TPSA) is 84.6 Å². The molecule has 5 rings (SSSR count). The number of alkyl halides is 3. The number of carbonyl (C=O) groups excluding carboxylic acids is 1. The number of hydrogen-bond donors (Lipinski definition) is 1. The second-order valence-electron chi connectivity index (χ2n) is 11.1. The molecule has 1 fully saturated rings. The van der Waals surface area contributed by atoms with Crippen LogP contribution in [0.4, 0.5) is 23.7 Å². The molecule has 0 spiro atoms. The highest BCUT2D eigenvalue weighted by molar-refractivity contribution is 8.14. The van der Waals surface area contributed by atoms with Crippen LogP contribution in [0.1, 0.15) is 49.3 Å². The van der Waals surface area contributed by atoms with Crippen LogP contribution in [0.25, 0.3) is 17.1 Å². The number of thioether (sulfide) groups is 1. The normalized spacial score (nSPS) is 14.5. The zero-order chi connectivity index (χ0) is 32.5. The number of hydrogen-bond acceptors (Lipinski definition) is 5. The highest BCUT2D eigenvalue weighted by atomic mass is 32.2. The van der Waals surface area contributed by atoms with Crippen LogP contribution in [0, 0.1) is 6.92 Å². The number of nitrogens with zero attached hydrogens (tertiary/aromatic N) is 5. The molecule has 0 aliphatic carbocycles. The van der Waals surface area contributed by atoms with E-state index in [-0.39, 0.29) is 11.8 Å². The van der Waals surface area contributed by atoms with E-state index in [1.54, 1.807) is 11.8 Å². The van der Waals surface area contributed by atoms with Gasteiger partial charge in [0.15, 0.2) is 11.0 Å². The SMILES string of the molecule is CCCc1ccc(C)cc1N1CCCS/C1=N\C(=O)NCCCCc1ccc(-c2ncn(-c3ccc(OC(F)(F)F)cc3)n2)cc1. The maximum Gasteiger partial charge on any atom is 0.573 e. The smallest absolute Gasteiger partial charge is 0.406 e. The fourth-order valence-electron chi connectivity index (χ4n) is 5.20. The van der Waals surface area contributed by atoms with E-state index < -0.39 is 6.36 Å². The van der Waals surface area contributed by atoms with E-state index >= 15 is 0 Å². The van der Waals surface area contributed by atoms with E-state index in [1.165, 1.54) is 46.4 Å². The third kappa shape index (κ3) is 9.12. The number of nitrogens with one attached hydrogen (secondary N) is 1. The minimum Gasteiger partial charge on any atom is -0.406 e. The maximum absolute atomic E-state index is 12.7. The third-order valence-corrected chi connectivity index (χ3v) is 8.51. The van der Waals surface area contributed by atoms with Crippen LogP contribution in [-0.4, -0.2) is 51.2 Å². The number of aryl methyl sites for hydroxylation is 3. The molecule has 12 heteroatoms. The van der Waals surface area contributed by atoms with E-state index in [0.29, 0.717) is 18.1 Å². The van der Waals surface area contributed by atoms with E-state index in [1.807, 2.05) is 24.3 Å². The number of amidine groups is 1. The predicted octanol–water partition coefficient (Wildman–Crippen LogP) is 8.13. The molecule has 1 aromatic heterocycles. The Bertz CT molecular complexity index is 1640. The number of anilines is 1. The first-order valence-corrected chi connectivity index (χ1v) is 16.4. The van der Waals surface area contributed by atoms with Gasteiger partial charge in [0.05, 0.1) is 5.69 Å². The molecule has 2 amide bonds. The molecular weight excluding hydrogens is 613 g/mol. The van der Waals surface area contributed by atoms with Crippen LogP contribution >= 0.6 is 11.8 Å². The fraction of sp³-hybridized carbons (Fsp3) is 0.353. The Kier molecular flexibility index (Phi) is 11.0. The Hall–Kier alpha value is -4.32. The average Bonchev–Trinajstić information content (AvgIpc) is 3.53. The first-order chi connectivity index (χ1) is 22.2. The van der Waals surface area contributed by atoms with Gasteiger partial charge in [0.2, 0.25) is 0 Å². The minimum atomic E-state index is -4.74. The molecule has 3 aromatic carbocycles. The summed E-state index contributed by atoms with van der Waals surface area (Å²) < 4.78 is 42.6. The summed E-state index contributed by atoms with van der Waals surface area (Å²) >= 11 is 1.64. The van der Waals surface area contributed by atoms with Crippen molar-refractivity contribution in [2.24, 2.45) is 4.99 Å². The summed E-state index contributed by atoms with van der Waals surface area (Å²) in [4.78, 5) is 23.7. The van der Waals surface area contributed by atoms with E-state index in [4.69, 9.17) is 0 Å². The number of aromatic nitrogens is 3. The van der Waals surface area contributed by atoms with Gasteiger partial charge in [0.1, 0.15) is 12.1 Å². The lowest BCUT2D eigenvalue weighted by molar-refractivity contribution is -0.274. The summed E-state index contributed by atoms with van der Waals surface area (Å²) in [5.41, 5.74) is 6.18. The van der Waals surface area contributed by atoms with Crippen LogP contribution in [0.2, 0.25) is 0 Å². The number of aliphatic imine (C=N–C) groups is 1. The molecule has 0 bridgehead atoms. The Morgan fingerprint density at radius 3 is 2.57 bits per heavy atom. The molecule has 0 saturated carbocycles. The van der Waals surface area contributed by atoms with Crippen LogP contribution in [-0.2, 0) is 12.8 Å². The molecule has 242 valence electrons. The Labute approximate surface area is 271 Å². The number of halogens is 3. The van der Waals surface area contributed by atoms with Gasteiger partial charge in [-0.3, -0.25) is 0 Å². The van der Waals surface area contributed by atoms with Crippen molar-refractivity contribution in [2.75, 3.05) is 23.7 Å². The van der Waals surface area contributed by atoms with Gasteiger partial charge in [-0.1, -0.05) is 61.5 Å². The molecule has 0 atom stereocenters. The van der Waals surface area contributed by atoms with Crippen LogP contribution in [0.3, 0.4) is 0 Å². The number of urea groups is 1. The number of ether oxygens (including phenoxy) is 1. The monoisotopic (exact) mass is 650 g/mol. The number of unbranched alkanes of at least 4 members (excludes halogenated alkanes) is 1. The quantitative estimate of drug-likeness (QED) is 0.165. The summed E-state index contributed by atoms with van der Waals surface area (Å²) in [6, 6.07) is 19.6. The van der Waals surface area contributed by atoms with Gasteiger partial charge in [-0.15, -0.1) is 18.3 Å². The van der Waals surface area contributed by atoms with Crippen molar-refractivity contribution in [3.63, 3.8) is 0 Å². The lowest BCUT2D eigenvalue weighted by Crippen LogP contribution is -2.36. The first kappa shape index (κ1) is 33.1. The van der Waals surface area contributed by atoms with Crippen molar-refractivity contribution in [3.8, 4) is 22.8 Å². The molecule has 1 aliphatic rings. The number of carbonyl (C=O) groups is 1. The highest BCUT2D eigenvalue weighted by Gasteiger charge is 2.31. The average molecular weight is 651 g/mol. The standard InChI is InChI=1S/C34H37F3N6O2S/c1-3-7-26-12-9-24(2)22-30(26)42-20-6-21-46-33(42)40-32(44)38-19-5-4-8-25-10-13-27(14-11-25)31-39-23-43(41-31)28-15-17-29(18-16-28)45-34(35,36)37/h9-18,22-23H,3-8,19-21H2,1-2H3,(H,38,44)/b40-33-. The van der Waals surface area contributed by atoms with Crippen LogP contribution < -0.4 is 15.0 Å². The summed E-state index contributed by atoms with van der Waals surface area (Å²) in [6.07, 6.45) is 2.46. The van der Waals surface area contributed by atoms with Gasteiger partial charge in [-0.2, -0.15) is 4.99 Å². The zero-order valence-electron chi connectivity index (χ0n) is 25.9. The van der Waals surface area contributed by atoms with Gasteiger partial charge in [-0.25, -0.2) is 14.5 Å². The van der Waals surface area contributed by atoms with Crippen LogP contribution in [0.15, 0.2) is 78.0 Å². The Morgan fingerprint density at radius 2 is 1.83 bits per heavy atom. The molecule has 1 aliphatic heterocycles. The predicted molar refractivity (Wildman–Crippen MR) is 177 cm³/mol. The molecule has 0 radical (unpaired) electrons. The second-order valence-corrected chi connectivity index (χ2v) is 12.1. The van der Waals surface area contributed by atoms with E-state index in [2.05, 4.69) is 62.1 Å². The highest BCUT2D eigenvalue weighted by Crippen LogP contribution is 2.30. The molecule has 1 N–H and O–H groups in total. The summed E-state index contributed by atoms with van der Waals surface area (Å²) in [6.45, 7) is 5.67. The number of rotatable bonds is 11. The Morgan fingerprint density at radius 1 is 1.04 bits per heavy atom. The van der Waals surface area contributed by atoms with Gasteiger partial charge < -0.3 is 15.0 Å². The molecule has 1 saturated heterocycles. The maximum atomic E-state index is 12.7. The summed E-state index contributed by atoms with van der Waals surface area (Å²) in [7, 11) is 0. The van der Waals surface area contributed by atoms with Gasteiger partial charge >= 0.3 is 12.4 Å². The van der Waals surface area contributed by atoms with Crippen molar-refractivity contribution >= 4 is 28.6 Å². The molecular formula is C34H37F3N6O2S. The minimum absolute atomic E-state index is 0.298. The molecule has 4 aromatic rings. The van der Waals surface area contributed by atoms with Gasteiger partial charge in [0, 0.05) is 30.1 Å². The van der Waals surface area contributed by atoms with Gasteiger partial charge in [0.25, 0.3) is 0 Å². The fourth-order valence-corrected chi connectivity index (χ4v) is 6.15. The molecule has 2 heterocycles. The summed E-state index contributed by atoms with van der Waals surface area (Å²) in [5.74, 6) is 1.16. The number of amides is 2. The third-order valence-electron chi connectivity index (χ3n) is 7.44. The lowest BCUT2D eigenvalue weighted by Gasteiger charge is -2.31. The lowest BCUT2D eigenvalue weighted by atomic mass is 10.0. The number of benzene rings is 3. The van der Waals surface area contributed by atoms with Crippen molar-refractivity contribution in [2.45, 2.75) is 58.7 Å². The largest absolute Gasteiger partial charge is 0.573 e. The van der Waals surface area contributed by atoms with Crippen molar-refractivity contribution < 1.29 is 22.7 Å². The van der Waals surface area contributed by atoms with Crippen LogP contribution in [0.5, 0.6) is 5.75 Å². The molecule has 8 nitrogen and oxygen atoms in total. The second kappa shape index (κ2) is 15.3.